The third-order valence-corrected chi connectivity index (χ3v) is 6.97. The predicted molar refractivity (Wildman–Crippen MR) is 170 cm³/mol. The van der Waals surface area contributed by atoms with E-state index < -0.39 is 0 Å². The number of aromatic nitrogens is 3. The molecule has 0 bridgehead atoms. The highest BCUT2D eigenvalue weighted by molar-refractivity contribution is 6.01. The zero-order valence-corrected chi connectivity index (χ0v) is 24.7. The zero-order valence-electron chi connectivity index (χ0n) is 24.7. The van der Waals surface area contributed by atoms with E-state index in [9.17, 15) is 4.39 Å². The molecular weight excluding hydrogens is 577 g/mol. The van der Waals surface area contributed by atoms with Gasteiger partial charge in [-0.2, -0.15) is 15.0 Å². The molecule has 0 spiro atoms. The Labute approximate surface area is 259 Å². The number of nitrogens with one attached hydrogen (secondary N) is 3. The summed E-state index contributed by atoms with van der Waals surface area (Å²) in [4.78, 5) is 19.3. The smallest absolute Gasteiger partial charge is 0.233 e. The van der Waals surface area contributed by atoms with Crippen molar-refractivity contribution < 1.29 is 23.4 Å². The molecule has 4 aromatic carbocycles. The summed E-state index contributed by atoms with van der Waals surface area (Å²) in [7, 11) is 4.72. The van der Waals surface area contributed by atoms with Gasteiger partial charge in [0.2, 0.25) is 23.6 Å². The van der Waals surface area contributed by atoms with Crippen LogP contribution in [-0.4, -0.2) is 42.0 Å². The number of ether oxygens (including phenoxy) is 3. The average Bonchev–Trinajstić information content (AvgIpc) is 3.56. The van der Waals surface area contributed by atoms with Crippen molar-refractivity contribution in [2.24, 2.45) is 5.16 Å². The molecule has 0 fully saturated rings. The SMILES string of the molecule is COc1cc(C2CC(c3ccc(Nc4nc(Nc5ccccc5)nc(Nc5ccc(F)cc5)n4)cc3)=NO2)cc(OC)c1OC. The second-order valence-electron chi connectivity index (χ2n) is 9.93. The number of nitrogens with zero attached hydrogens (tertiary/aromatic N) is 4. The molecule has 3 N–H and O–H groups in total. The van der Waals surface area contributed by atoms with E-state index in [2.05, 4.69) is 36.1 Å². The molecule has 1 aliphatic rings. The van der Waals surface area contributed by atoms with Crippen LogP contribution in [0.4, 0.5) is 39.3 Å². The van der Waals surface area contributed by atoms with Crippen molar-refractivity contribution in [2.45, 2.75) is 12.5 Å². The van der Waals surface area contributed by atoms with Crippen LogP contribution in [0.3, 0.4) is 0 Å². The Morgan fingerprint density at radius 2 is 1.18 bits per heavy atom. The van der Waals surface area contributed by atoms with Crippen LogP contribution in [0.1, 0.15) is 23.7 Å². The molecule has 0 saturated heterocycles. The molecule has 45 heavy (non-hydrogen) atoms. The summed E-state index contributed by atoms with van der Waals surface area (Å²) in [6, 6.07) is 26.9. The maximum atomic E-state index is 13.4. The number of para-hydroxylation sites is 1. The van der Waals surface area contributed by atoms with Gasteiger partial charge in [-0.1, -0.05) is 35.5 Å². The monoisotopic (exact) mass is 607 g/mol. The van der Waals surface area contributed by atoms with Gasteiger partial charge < -0.3 is 35.0 Å². The van der Waals surface area contributed by atoms with Crippen LogP contribution in [0.5, 0.6) is 17.2 Å². The second kappa shape index (κ2) is 13.2. The molecular formula is C33H30FN7O4. The van der Waals surface area contributed by atoms with Crippen LogP contribution in [-0.2, 0) is 4.84 Å². The van der Waals surface area contributed by atoms with Crippen LogP contribution < -0.4 is 30.2 Å². The van der Waals surface area contributed by atoms with Crippen molar-refractivity contribution in [3.05, 3.63) is 108 Å². The standard InChI is InChI=1S/C33H30FN7O4/c1-42-28-17-21(18-29(43-2)30(28)44-3)27-19-26(41-45-27)20-9-13-24(14-10-20)36-32-38-31(35-23-7-5-4-6-8-23)39-33(40-32)37-25-15-11-22(34)12-16-25/h4-18,27H,19H2,1-3H3,(H3,35,36,37,38,39,40). The van der Waals surface area contributed by atoms with E-state index in [1.807, 2.05) is 66.7 Å². The van der Waals surface area contributed by atoms with Crippen molar-refractivity contribution in [2.75, 3.05) is 37.3 Å². The lowest BCUT2D eigenvalue weighted by Crippen LogP contribution is -2.07. The lowest BCUT2D eigenvalue weighted by atomic mass is 9.99. The quantitative estimate of drug-likeness (QED) is 0.143. The summed E-state index contributed by atoms with van der Waals surface area (Å²) in [5.41, 5.74) is 4.78. The molecule has 0 amide bonds. The van der Waals surface area contributed by atoms with Gasteiger partial charge in [0.1, 0.15) is 5.82 Å². The van der Waals surface area contributed by atoms with E-state index in [-0.39, 0.29) is 17.9 Å². The highest BCUT2D eigenvalue weighted by Crippen LogP contribution is 2.42. The molecule has 12 heteroatoms. The first-order chi connectivity index (χ1) is 22.0. The van der Waals surface area contributed by atoms with Crippen molar-refractivity contribution in [1.29, 1.82) is 0 Å². The molecule has 2 heterocycles. The number of rotatable bonds is 11. The molecule has 0 aliphatic carbocycles. The van der Waals surface area contributed by atoms with Crippen LogP contribution >= 0.6 is 0 Å². The van der Waals surface area contributed by atoms with E-state index in [0.29, 0.717) is 41.3 Å². The molecule has 1 aromatic heterocycles. The Morgan fingerprint density at radius 1 is 0.667 bits per heavy atom. The minimum absolute atomic E-state index is 0.282. The Morgan fingerprint density at radius 3 is 1.69 bits per heavy atom. The first-order valence-electron chi connectivity index (χ1n) is 14.0. The summed E-state index contributed by atoms with van der Waals surface area (Å²) in [6.07, 6.45) is 0.255. The van der Waals surface area contributed by atoms with Gasteiger partial charge in [-0.25, -0.2) is 4.39 Å². The van der Waals surface area contributed by atoms with Crippen molar-refractivity contribution >= 4 is 40.6 Å². The highest BCUT2D eigenvalue weighted by atomic mass is 19.1. The molecule has 1 atom stereocenters. The largest absolute Gasteiger partial charge is 0.493 e. The molecule has 5 aromatic rings. The summed E-state index contributed by atoms with van der Waals surface area (Å²) < 4.78 is 29.8. The number of anilines is 6. The van der Waals surface area contributed by atoms with Gasteiger partial charge in [-0.15, -0.1) is 0 Å². The number of methoxy groups -OCH3 is 3. The van der Waals surface area contributed by atoms with E-state index in [1.165, 1.54) is 12.1 Å². The second-order valence-corrected chi connectivity index (χ2v) is 9.93. The van der Waals surface area contributed by atoms with Crippen LogP contribution in [0.2, 0.25) is 0 Å². The molecule has 11 nitrogen and oxygen atoms in total. The summed E-state index contributed by atoms with van der Waals surface area (Å²) in [6.45, 7) is 0. The topological polar surface area (TPSA) is 124 Å². The van der Waals surface area contributed by atoms with Gasteiger partial charge in [0.15, 0.2) is 17.6 Å². The van der Waals surface area contributed by atoms with E-state index >= 15 is 0 Å². The van der Waals surface area contributed by atoms with Crippen LogP contribution in [0, 0.1) is 5.82 Å². The van der Waals surface area contributed by atoms with Gasteiger partial charge in [0.25, 0.3) is 0 Å². The normalized spacial score (nSPS) is 13.8. The predicted octanol–water partition coefficient (Wildman–Crippen LogP) is 7.13. The third kappa shape index (κ3) is 6.85. The van der Waals surface area contributed by atoms with E-state index in [4.69, 9.17) is 19.0 Å². The van der Waals surface area contributed by atoms with Gasteiger partial charge >= 0.3 is 0 Å². The van der Waals surface area contributed by atoms with Crippen molar-refractivity contribution in [3.8, 4) is 17.2 Å². The lowest BCUT2D eigenvalue weighted by molar-refractivity contribution is 0.0853. The molecule has 0 saturated carbocycles. The number of hydrogen-bond acceptors (Lipinski definition) is 11. The average molecular weight is 608 g/mol. The highest BCUT2D eigenvalue weighted by Gasteiger charge is 2.27. The minimum atomic E-state index is -0.333. The number of benzene rings is 4. The van der Waals surface area contributed by atoms with Crippen LogP contribution in [0.25, 0.3) is 0 Å². The van der Waals surface area contributed by atoms with Gasteiger partial charge in [0, 0.05) is 29.0 Å². The molecule has 228 valence electrons. The lowest BCUT2D eigenvalue weighted by Gasteiger charge is -2.16. The Hall–Kier alpha value is -5.91. The summed E-state index contributed by atoms with van der Waals surface area (Å²) >= 11 is 0. The van der Waals surface area contributed by atoms with Gasteiger partial charge in [0.05, 0.1) is 27.0 Å². The zero-order chi connectivity index (χ0) is 31.2. The maximum absolute atomic E-state index is 13.4. The van der Waals surface area contributed by atoms with Gasteiger partial charge in [-0.3, -0.25) is 0 Å². The minimum Gasteiger partial charge on any atom is -0.493 e. The van der Waals surface area contributed by atoms with E-state index in [1.54, 1.807) is 33.5 Å². The Bertz CT molecular complexity index is 1780. The molecule has 1 unspecified atom stereocenters. The van der Waals surface area contributed by atoms with Crippen molar-refractivity contribution in [3.63, 3.8) is 0 Å². The summed E-state index contributed by atoms with van der Waals surface area (Å²) in [5.74, 6) is 2.21. The van der Waals surface area contributed by atoms with Crippen LogP contribution in [0.15, 0.2) is 96.2 Å². The van der Waals surface area contributed by atoms with E-state index in [0.717, 1.165) is 28.2 Å². The first kappa shape index (κ1) is 29.2. The first-order valence-corrected chi connectivity index (χ1v) is 14.0. The Balaban J connectivity index is 1.18. The maximum Gasteiger partial charge on any atom is 0.233 e. The Kier molecular flexibility index (Phi) is 8.53. The number of halogens is 1. The molecule has 1 aliphatic heterocycles. The third-order valence-electron chi connectivity index (χ3n) is 6.97. The van der Waals surface area contributed by atoms with Crippen molar-refractivity contribution in [1.82, 2.24) is 15.0 Å². The number of oxime groups is 1. The summed E-state index contributed by atoms with van der Waals surface area (Å²) in [5, 5.41) is 13.9. The fraction of sp³-hybridized carbons (Fsp3) is 0.152. The van der Waals surface area contributed by atoms with Gasteiger partial charge in [-0.05, 0) is 66.2 Å². The fourth-order valence-electron chi connectivity index (χ4n) is 4.75. The number of hydrogen-bond donors (Lipinski definition) is 3. The molecule has 6 rings (SSSR count). The molecule has 0 radical (unpaired) electrons. The fourth-order valence-corrected chi connectivity index (χ4v) is 4.75.